The summed E-state index contributed by atoms with van der Waals surface area (Å²) in [5, 5.41) is 4.05. The molecule has 4 aromatic rings. The lowest BCUT2D eigenvalue weighted by Crippen LogP contribution is -2.18. The highest BCUT2D eigenvalue weighted by molar-refractivity contribution is 6.04. The Labute approximate surface area is 155 Å². The maximum Gasteiger partial charge on any atom is 0.272 e. The van der Waals surface area contributed by atoms with Gasteiger partial charge in [-0.25, -0.2) is 0 Å². The number of nitrogens with one attached hydrogen (secondary N) is 2. The Morgan fingerprint density at radius 1 is 0.815 bits per heavy atom. The van der Waals surface area contributed by atoms with Gasteiger partial charge in [-0.15, -0.1) is 0 Å². The first-order valence-electron chi connectivity index (χ1n) is 8.45. The minimum absolute atomic E-state index is 0.211. The van der Waals surface area contributed by atoms with Crippen LogP contribution < -0.4 is 15.6 Å². The molecular formula is C22H16N2O3. The summed E-state index contributed by atoms with van der Waals surface area (Å²) in [5.74, 6) is 1.02. The van der Waals surface area contributed by atoms with Gasteiger partial charge in [-0.05, 0) is 53.9 Å². The number of benzene rings is 3. The Morgan fingerprint density at radius 3 is 2.26 bits per heavy atom. The number of carbonyl (C=O) groups is 1. The number of aromatic nitrogens is 1. The first kappa shape index (κ1) is 16.6. The molecule has 0 atom stereocenters. The maximum absolute atomic E-state index is 12.5. The van der Waals surface area contributed by atoms with Crippen molar-refractivity contribution in [2.24, 2.45) is 0 Å². The fourth-order valence-corrected chi connectivity index (χ4v) is 2.76. The van der Waals surface area contributed by atoms with E-state index in [1.165, 1.54) is 0 Å². The maximum atomic E-state index is 12.5. The smallest absolute Gasteiger partial charge is 0.272 e. The number of fused-ring (bicyclic) bond motifs is 1. The van der Waals surface area contributed by atoms with E-state index < -0.39 is 0 Å². The molecule has 0 aliphatic heterocycles. The number of H-pyrrole nitrogens is 1. The molecule has 4 rings (SSSR count). The molecule has 0 aliphatic rings. The van der Waals surface area contributed by atoms with Gasteiger partial charge in [-0.2, -0.15) is 0 Å². The fourth-order valence-electron chi connectivity index (χ4n) is 2.76. The Balaban J connectivity index is 1.50. The predicted molar refractivity (Wildman–Crippen MR) is 105 cm³/mol. The number of ether oxygens (including phenoxy) is 1. The zero-order valence-electron chi connectivity index (χ0n) is 14.3. The second kappa shape index (κ2) is 7.17. The van der Waals surface area contributed by atoms with Gasteiger partial charge in [0.05, 0.1) is 0 Å². The Kier molecular flexibility index (Phi) is 4.41. The van der Waals surface area contributed by atoms with Crippen LogP contribution in [0.5, 0.6) is 11.5 Å². The van der Waals surface area contributed by atoms with E-state index in [4.69, 9.17) is 4.74 Å². The van der Waals surface area contributed by atoms with E-state index in [0.29, 0.717) is 16.8 Å². The highest BCUT2D eigenvalue weighted by Crippen LogP contribution is 2.23. The fraction of sp³-hybridized carbons (Fsp3) is 0. The predicted octanol–water partition coefficient (Wildman–Crippen LogP) is 4.57. The van der Waals surface area contributed by atoms with Gasteiger partial charge >= 0.3 is 0 Å². The molecule has 27 heavy (non-hydrogen) atoms. The van der Waals surface area contributed by atoms with Gasteiger partial charge in [0.15, 0.2) is 0 Å². The number of hydrogen-bond acceptors (Lipinski definition) is 3. The van der Waals surface area contributed by atoms with Crippen molar-refractivity contribution in [3.05, 3.63) is 101 Å². The van der Waals surface area contributed by atoms with Crippen LogP contribution in [-0.2, 0) is 0 Å². The van der Waals surface area contributed by atoms with Crippen LogP contribution in [0.1, 0.15) is 10.5 Å². The molecule has 0 saturated heterocycles. The Morgan fingerprint density at radius 2 is 1.48 bits per heavy atom. The highest BCUT2D eigenvalue weighted by Gasteiger charge is 2.10. The van der Waals surface area contributed by atoms with Gasteiger partial charge in [0, 0.05) is 11.1 Å². The average molecular weight is 356 g/mol. The second-order valence-electron chi connectivity index (χ2n) is 5.99. The topological polar surface area (TPSA) is 71.2 Å². The van der Waals surface area contributed by atoms with Crippen LogP contribution in [-0.4, -0.2) is 10.9 Å². The van der Waals surface area contributed by atoms with Gasteiger partial charge < -0.3 is 15.0 Å². The lowest BCUT2D eigenvalue weighted by molar-refractivity contribution is 0.102. The van der Waals surface area contributed by atoms with Gasteiger partial charge in [-0.1, -0.05) is 36.4 Å². The van der Waals surface area contributed by atoms with Crippen LogP contribution in [0.25, 0.3) is 10.8 Å². The molecule has 2 N–H and O–H groups in total. The van der Waals surface area contributed by atoms with E-state index in [-0.39, 0.29) is 17.2 Å². The molecule has 0 saturated carbocycles. The molecule has 3 aromatic carbocycles. The Hall–Kier alpha value is -3.86. The number of amides is 1. The SMILES string of the molecule is O=C(Nc1ccc(Oc2ccccc2)cc1)c1cc2ccccc2c(=O)[nH]1. The van der Waals surface area contributed by atoms with Gasteiger partial charge in [0.25, 0.3) is 11.5 Å². The highest BCUT2D eigenvalue weighted by atomic mass is 16.5. The average Bonchev–Trinajstić information content (AvgIpc) is 2.70. The molecule has 0 unspecified atom stereocenters. The van der Waals surface area contributed by atoms with Crippen molar-refractivity contribution in [3.63, 3.8) is 0 Å². The zero-order valence-corrected chi connectivity index (χ0v) is 14.3. The van der Waals surface area contributed by atoms with Crippen molar-refractivity contribution in [2.75, 3.05) is 5.32 Å². The second-order valence-corrected chi connectivity index (χ2v) is 5.99. The third-order valence-electron chi connectivity index (χ3n) is 4.09. The van der Waals surface area contributed by atoms with E-state index in [1.54, 1.807) is 48.5 Å². The number of rotatable bonds is 4. The van der Waals surface area contributed by atoms with Gasteiger partial charge in [0.1, 0.15) is 17.2 Å². The molecule has 132 valence electrons. The molecule has 0 spiro atoms. The minimum atomic E-state index is -0.380. The largest absolute Gasteiger partial charge is 0.457 e. The molecule has 5 nitrogen and oxygen atoms in total. The number of pyridine rings is 1. The normalized spacial score (nSPS) is 10.5. The third kappa shape index (κ3) is 3.72. The lowest BCUT2D eigenvalue weighted by atomic mass is 10.1. The van der Waals surface area contributed by atoms with Crippen molar-refractivity contribution in [1.82, 2.24) is 4.98 Å². The Bertz CT molecular complexity index is 1150. The molecule has 0 aliphatic carbocycles. The van der Waals surface area contributed by atoms with Gasteiger partial charge in [-0.3, -0.25) is 9.59 Å². The number of hydrogen-bond donors (Lipinski definition) is 2. The van der Waals surface area contributed by atoms with Gasteiger partial charge in [0.2, 0.25) is 0 Å². The summed E-state index contributed by atoms with van der Waals surface area (Å²) in [6, 6.07) is 25.3. The summed E-state index contributed by atoms with van der Waals surface area (Å²) < 4.78 is 5.73. The summed E-state index contributed by atoms with van der Waals surface area (Å²) >= 11 is 0. The molecule has 5 heteroatoms. The number of para-hydroxylation sites is 1. The molecule has 1 heterocycles. The first-order chi connectivity index (χ1) is 13.2. The number of aromatic amines is 1. The molecule has 1 aromatic heterocycles. The molecule has 1 amide bonds. The van der Waals surface area contributed by atoms with Crippen molar-refractivity contribution >= 4 is 22.4 Å². The van der Waals surface area contributed by atoms with Crippen LogP contribution in [0.3, 0.4) is 0 Å². The quantitative estimate of drug-likeness (QED) is 0.562. The minimum Gasteiger partial charge on any atom is -0.457 e. The van der Waals surface area contributed by atoms with Crippen LogP contribution in [0.2, 0.25) is 0 Å². The van der Waals surface area contributed by atoms with Crippen LogP contribution in [0.4, 0.5) is 5.69 Å². The molecule has 0 bridgehead atoms. The van der Waals surface area contributed by atoms with Crippen LogP contribution in [0.15, 0.2) is 89.7 Å². The lowest BCUT2D eigenvalue weighted by Gasteiger charge is -2.08. The van der Waals surface area contributed by atoms with E-state index in [0.717, 1.165) is 11.1 Å². The summed E-state index contributed by atoms with van der Waals surface area (Å²) in [5.41, 5.74) is 0.530. The zero-order chi connectivity index (χ0) is 18.6. The molecular weight excluding hydrogens is 340 g/mol. The first-order valence-corrected chi connectivity index (χ1v) is 8.45. The monoisotopic (exact) mass is 356 g/mol. The summed E-state index contributed by atoms with van der Waals surface area (Å²) in [6.45, 7) is 0. The van der Waals surface area contributed by atoms with Crippen LogP contribution >= 0.6 is 0 Å². The summed E-state index contributed by atoms with van der Waals surface area (Å²) in [7, 11) is 0. The van der Waals surface area contributed by atoms with Crippen LogP contribution in [0, 0.1) is 0 Å². The van der Waals surface area contributed by atoms with E-state index in [1.807, 2.05) is 36.4 Å². The van der Waals surface area contributed by atoms with Crippen molar-refractivity contribution in [1.29, 1.82) is 0 Å². The standard InChI is InChI=1S/C22H16N2O3/c25-21-19-9-5-4-6-15(19)14-20(24-21)22(26)23-16-10-12-18(13-11-16)27-17-7-2-1-3-8-17/h1-14H,(H,23,26)(H,24,25). The van der Waals surface area contributed by atoms with E-state index in [2.05, 4.69) is 10.3 Å². The van der Waals surface area contributed by atoms with E-state index >= 15 is 0 Å². The summed E-state index contributed by atoms with van der Waals surface area (Å²) in [6.07, 6.45) is 0. The number of anilines is 1. The van der Waals surface area contributed by atoms with E-state index in [9.17, 15) is 9.59 Å². The molecule has 0 fully saturated rings. The third-order valence-corrected chi connectivity index (χ3v) is 4.09. The van der Waals surface area contributed by atoms with Crippen molar-refractivity contribution in [2.45, 2.75) is 0 Å². The summed E-state index contributed by atoms with van der Waals surface area (Å²) in [4.78, 5) is 27.2. The van der Waals surface area contributed by atoms with Crippen molar-refractivity contribution < 1.29 is 9.53 Å². The van der Waals surface area contributed by atoms with Crippen molar-refractivity contribution in [3.8, 4) is 11.5 Å². The number of carbonyl (C=O) groups excluding carboxylic acids is 1. The molecule has 0 radical (unpaired) electrons.